The summed E-state index contributed by atoms with van der Waals surface area (Å²) in [7, 11) is 0. The molecule has 2 aliphatic heterocycles. The van der Waals surface area contributed by atoms with Gasteiger partial charge in [0.05, 0.1) is 6.04 Å². The molecule has 2 N–H and O–H groups in total. The van der Waals surface area contributed by atoms with Crippen LogP contribution in [-0.2, 0) is 16.1 Å². The Balaban J connectivity index is 1.55. The lowest BCUT2D eigenvalue weighted by Gasteiger charge is -2.30. The number of amides is 2. The molecule has 2 fully saturated rings. The maximum absolute atomic E-state index is 12.7. The summed E-state index contributed by atoms with van der Waals surface area (Å²) in [5.41, 5.74) is 7.99. The minimum Gasteiger partial charge on any atom is -0.367 e. The number of carbonyl (C=O) groups is 2. The van der Waals surface area contributed by atoms with Gasteiger partial charge in [0.25, 0.3) is 0 Å². The lowest BCUT2D eigenvalue weighted by Crippen LogP contribution is -2.38. The number of aryl methyl sites for hydroxylation is 1. The molecular weight excluding hydrogens is 346 g/mol. The van der Waals surface area contributed by atoms with Crippen LogP contribution < -0.4 is 5.73 Å². The Labute approximate surface area is 157 Å². The van der Waals surface area contributed by atoms with Crippen molar-refractivity contribution in [3.63, 3.8) is 0 Å². The van der Waals surface area contributed by atoms with E-state index in [2.05, 4.69) is 34.6 Å². The fourth-order valence-corrected chi connectivity index (χ4v) is 4.44. The van der Waals surface area contributed by atoms with Crippen molar-refractivity contribution in [1.29, 1.82) is 0 Å². The molecule has 0 radical (unpaired) electrons. The van der Waals surface area contributed by atoms with E-state index in [9.17, 15) is 9.59 Å². The molecule has 0 unspecified atom stereocenters. The Morgan fingerprint density at radius 1 is 1.22 bits per heavy atom. The van der Waals surface area contributed by atoms with Crippen LogP contribution in [0.15, 0.2) is 24.3 Å². The molecule has 142 valence electrons. The molecule has 2 aromatic rings. The summed E-state index contributed by atoms with van der Waals surface area (Å²) in [5.74, 6) is 0.653. The normalized spacial score (nSPS) is 24.3. The number of hydrogen-bond acceptors (Lipinski definition) is 6. The Morgan fingerprint density at radius 2 is 2.00 bits per heavy atom. The third kappa shape index (κ3) is 3.02. The zero-order chi connectivity index (χ0) is 19.1. The number of aromatic nitrogens is 4. The summed E-state index contributed by atoms with van der Waals surface area (Å²) in [6.45, 7) is 5.65. The van der Waals surface area contributed by atoms with E-state index in [1.165, 1.54) is 15.8 Å². The molecule has 0 saturated carbocycles. The van der Waals surface area contributed by atoms with E-state index in [0.29, 0.717) is 19.6 Å². The minimum absolute atomic E-state index is 0.00426. The molecule has 9 heteroatoms. The molecule has 3 heterocycles. The first-order valence-corrected chi connectivity index (χ1v) is 9.08. The highest BCUT2D eigenvalue weighted by molar-refractivity contribution is 5.77. The van der Waals surface area contributed by atoms with Gasteiger partial charge in [0, 0.05) is 38.4 Å². The summed E-state index contributed by atoms with van der Waals surface area (Å²) in [6, 6.07) is 8.17. The van der Waals surface area contributed by atoms with E-state index in [0.717, 1.165) is 0 Å². The second kappa shape index (κ2) is 6.64. The second-order valence-electron chi connectivity index (χ2n) is 7.39. The average molecular weight is 369 g/mol. The maximum Gasteiger partial charge on any atom is 0.244 e. The van der Waals surface area contributed by atoms with E-state index < -0.39 is 0 Å². The fraction of sp³-hybridized carbons (Fsp3) is 0.500. The van der Waals surface area contributed by atoms with E-state index in [1.807, 2.05) is 21.9 Å². The largest absolute Gasteiger partial charge is 0.367 e. The van der Waals surface area contributed by atoms with Crippen molar-refractivity contribution >= 4 is 17.8 Å². The number of likely N-dealkylation sites (tertiary alicyclic amines) is 2. The lowest BCUT2D eigenvalue weighted by atomic mass is 9.87. The summed E-state index contributed by atoms with van der Waals surface area (Å²) in [5, 5.41) is 10.8. The first kappa shape index (κ1) is 17.4. The van der Waals surface area contributed by atoms with E-state index >= 15 is 0 Å². The monoisotopic (exact) mass is 369 g/mol. The minimum atomic E-state index is -0.0543. The van der Waals surface area contributed by atoms with Crippen LogP contribution in [-0.4, -0.2) is 61.5 Å². The van der Waals surface area contributed by atoms with Crippen LogP contribution in [0.1, 0.15) is 24.1 Å². The van der Waals surface area contributed by atoms with Crippen LogP contribution in [0, 0.1) is 18.8 Å². The van der Waals surface area contributed by atoms with Gasteiger partial charge in [-0.1, -0.05) is 29.4 Å². The number of nitrogens with zero attached hydrogens (tertiary/aromatic N) is 6. The molecule has 27 heavy (non-hydrogen) atoms. The van der Waals surface area contributed by atoms with Gasteiger partial charge in [-0.3, -0.25) is 9.59 Å². The van der Waals surface area contributed by atoms with Crippen molar-refractivity contribution < 1.29 is 9.59 Å². The first-order valence-electron chi connectivity index (χ1n) is 9.08. The van der Waals surface area contributed by atoms with Crippen LogP contribution in [0.2, 0.25) is 0 Å². The highest BCUT2D eigenvalue weighted by Crippen LogP contribution is 2.45. The van der Waals surface area contributed by atoms with Crippen molar-refractivity contribution in [2.45, 2.75) is 26.4 Å². The summed E-state index contributed by atoms with van der Waals surface area (Å²) >= 11 is 0. The highest BCUT2D eigenvalue weighted by Gasteiger charge is 2.49. The van der Waals surface area contributed by atoms with Crippen molar-refractivity contribution in [1.82, 2.24) is 30.0 Å². The van der Waals surface area contributed by atoms with E-state index in [4.69, 9.17) is 5.73 Å². The van der Waals surface area contributed by atoms with Gasteiger partial charge >= 0.3 is 0 Å². The van der Waals surface area contributed by atoms with Crippen molar-refractivity contribution in [3.05, 3.63) is 35.4 Å². The second-order valence-corrected chi connectivity index (χ2v) is 7.39. The Bertz CT molecular complexity index is 880. The molecule has 9 nitrogen and oxygen atoms in total. The summed E-state index contributed by atoms with van der Waals surface area (Å²) in [4.78, 5) is 28.7. The number of rotatable bonds is 3. The Hall–Kier alpha value is -2.97. The third-order valence-corrected chi connectivity index (χ3v) is 5.77. The quantitative estimate of drug-likeness (QED) is 0.830. The van der Waals surface area contributed by atoms with Crippen LogP contribution in [0.3, 0.4) is 0 Å². The van der Waals surface area contributed by atoms with E-state index in [1.54, 1.807) is 6.92 Å². The molecule has 2 amide bonds. The highest BCUT2D eigenvalue weighted by atomic mass is 16.2. The molecule has 4 rings (SSSR count). The number of hydrogen-bond donors (Lipinski definition) is 1. The Morgan fingerprint density at radius 3 is 2.67 bits per heavy atom. The van der Waals surface area contributed by atoms with Crippen LogP contribution >= 0.6 is 0 Å². The van der Waals surface area contributed by atoms with Gasteiger partial charge in [-0.2, -0.15) is 0 Å². The molecule has 1 aromatic heterocycles. The Kier molecular flexibility index (Phi) is 4.29. The number of tetrazole rings is 1. The number of fused-ring (bicyclic) bond motifs is 1. The zero-order valence-corrected chi connectivity index (χ0v) is 15.4. The maximum atomic E-state index is 12.7. The topological polar surface area (TPSA) is 110 Å². The molecule has 2 aliphatic rings. The number of benzene rings is 1. The number of carbonyl (C=O) groups excluding carboxylic acids is 2. The van der Waals surface area contributed by atoms with Crippen molar-refractivity contribution in [2.24, 2.45) is 11.8 Å². The molecule has 0 aliphatic carbocycles. The SMILES string of the molecule is CC(=O)N1C[C@H]2CN(C(=O)Cn3nnnc3N)C[C@H]2[C@H]1c1ccccc1C. The van der Waals surface area contributed by atoms with E-state index in [-0.39, 0.29) is 42.2 Å². The predicted octanol–water partition coefficient (Wildman–Crippen LogP) is 0.242. The molecular formula is C18H23N7O2. The van der Waals surface area contributed by atoms with Gasteiger partial charge in [0.1, 0.15) is 6.54 Å². The van der Waals surface area contributed by atoms with Gasteiger partial charge in [0.15, 0.2) is 0 Å². The smallest absolute Gasteiger partial charge is 0.244 e. The first-order chi connectivity index (χ1) is 13.0. The van der Waals surface area contributed by atoms with Gasteiger partial charge in [0.2, 0.25) is 17.8 Å². The van der Waals surface area contributed by atoms with Crippen molar-refractivity contribution in [3.8, 4) is 0 Å². The number of anilines is 1. The molecule has 1 aromatic carbocycles. The molecule has 0 bridgehead atoms. The molecule has 2 saturated heterocycles. The van der Waals surface area contributed by atoms with Gasteiger partial charge in [-0.15, -0.1) is 0 Å². The number of nitrogen functional groups attached to an aromatic ring is 1. The van der Waals surface area contributed by atoms with Gasteiger partial charge < -0.3 is 15.5 Å². The standard InChI is InChI=1S/C18H23N7O2/c1-11-5-3-4-6-14(11)17-15-9-23(7-13(15)8-24(17)12(2)26)16(27)10-25-18(19)20-21-22-25/h3-6,13,15,17H,7-10H2,1-2H3,(H2,19,20,22)/t13-,15-,17-/m1/s1. The lowest BCUT2D eigenvalue weighted by molar-refractivity contribution is -0.132. The predicted molar refractivity (Wildman–Crippen MR) is 97.1 cm³/mol. The summed E-state index contributed by atoms with van der Waals surface area (Å²) in [6.07, 6.45) is 0. The zero-order valence-electron chi connectivity index (χ0n) is 15.4. The van der Waals surface area contributed by atoms with Gasteiger partial charge in [-0.05, 0) is 28.5 Å². The summed E-state index contributed by atoms with van der Waals surface area (Å²) < 4.78 is 1.30. The van der Waals surface area contributed by atoms with Gasteiger partial charge in [-0.25, -0.2) is 4.68 Å². The number of nitrogens with two attached hydrogens (primary N) is 1. The third-order valence-electron chi connectivity index (χ3n) is 5.77. The average Bonchev–Trinajstić information content (AvgIpc) is 3.30. The van der Waals surface area contributed by atoms with Crippen LogP contribution in [0.5, 0.6) is 0 Å². The van der Waals surface area contributed by atoms with Crippen LogP contribution in [0.4, 0.5) is 5.95 Å². The van der Waals surface area contributed by atoms with Crippen molar-refractivity contribution in [2.75, 3.05) is 25.4 Å². The molecule has 0 spiro atoms. The molecule has 3 atom stereocenters. The van der Waals surface area contributed by atoms with Crippen LogP contribution in [0.25, 0.3) is 0 Å². The fourth-order valence-electron chi connectivity index (χ4n) is 4.44.